The minimum absolute atomic E-state index is 0.0258. The number of hydrogen-bond donors (Lipinski definition) is 1. The molecule has 2 amide bonds. The largest absolute Gasteiger partial charge is 0.416 e. The van der Waals surface area contributed by atoms with E-state index in [-0.39, 0.29) is 37.2 Å². The summed E-state index contributed by atoms with van der Waals surface area (Å²) in [6, 6.07) is 18.9. The van der Waals surface area contributed by atoms with Crippen LogP contribution in [0.3, 0.4) is 0 Å². The minimum Gasteiger partial charge on any atom is -0.352 e. The summed E-state index contributed by atoms with van der Waals surface area (Å²) in [6.45, 7) is 4.61. The molecule has 4 rings (SSSR count). The number of alkyl halides is 3. The van der Waals surface area contributed by atoms with Gasteiger partial charge in [0.2, 0.25) is 11.8 Å². The maximum atomic E-state index is 13.3. The average molecular weight is 495 g/mol. The van der Waals surface area contributed by atoms with Gasteiger partial charge in [0.25, 0.3) is 0 Å². The van der Waals surface area contributed by atoms with Gasteiger partial charge in [0, 0.05) is 25.9 Å². The smallest absolute Gasteiger partial charge is 0.352 e. The number of carbonyl (C=O) groups is 2. The molecule has 1 unspecified atom stereocenters. The zero-order valence-electron chi connectivity index (χ0n) is 20.4. The van der Waals surface area contributed by atoms with Crippen LogP contribution >= 0.6 is 0 Å². The number of nitrogens with one attached hydrogen (secondary N) is 1. The summed E-state index contributed by atoms with van der Waals surface area (Å²) in [5, 5.41) is 2.63. The summed E-state index contributed by atoms with van der Waals surface area (Å²) >= 11 is 0. The average Bonchev–Trinajstić information content (AvgIpc) is 2.85. The minimum atomic E-state index is -4.44. The molecule has 7 heteroatoms. The number of halogens is 3. The van der Waals surface area contributed by atoms with Gasteiger partial charge < -0.3 is 10.2 Å². The van der Waals surface area contributed by atoms with Crippen LogP contribution in [0.25, 0.3) is 0 Å². The predicted molar refractivity (Wildman–Crippen MR) is 132 cm³/mol. The lowest BCUT2D eigenvalue weighted by Crippen LogP contribution is -2.41. The fourth-order valence-corrected chi connectivity index (χ4v) is 4.76. The van der Waals surface area contributed by atoms with E-state index in [4.69, 9.17) is 0 Å². The van der Waals surface area contributed by atoms with Gasteiger partial charge in [0.05, 0.1) is 11.6 Å². The van der Waals surface area contributed by atoms with Crippen molar-refractivity contribution in [3.63, 3.8) is 0 Å². The van der Waals surface area contributed by atoms with Crippen molar-refractivity contribution in [2.75, 3.05) is 6.54 Å². The van der Waals surface area contributed by atoms with Gasteiger partial charge in [-0.3, -0.25) is 9.59 Å². The first-order valence-corrected chi connectivity index (χ1v) is 12.0. The monoisotopic (exact) mass is 494 g/mol. The normalized spacial score (nSPS) is 15.4. The molecule has 0 aromatic heterocycles. The van der Waals surface area contributed by atoms with Crippen molar-refractivity contribution in [3.05, 3.63) is 106 Å². The van der Waals surface area contributed by atoms with Crippen molar-refractivity contribution in [2.45, 2.75) is 51.9 Å². The molecule has 1 atom stereocenters. The molecular formula is C29H29F3N2O2. The van der Waals surface area contributed by atoms with Gasteiger partial charge in [-0.1, -0.05) is 60.2 Å². The topological polar surface area (TPSA) is 49.4 Å². The van der Waals surface area contributed by atoms with Crippen LogP contribution in [0, 0.1) is 13.8 Å². The van der Waals surface area contributed by atoms with Crippen LogP contribution < -0.4 is 5.32 Å². The van der Waals surface area contributed by atoms with Crippen molar-refractivity contribution in [1.82, 2.24) is 10.2 Å². The predicted octanol–water partition coefficient (Wildman–Crippen LogP) is 5.89. The van der Waals surface area contributed by atoms with Crippen LogP contribution in [-0.2, 0) is 28.7 Å². The number of benzene rings is 3. The number of fused-ring (bicyclic) bond motifs is 1. The van der Waals surface area contributed by atoms with E-state index >= 15 is 0 Å². The third-order valence-corrected chi connectivity index (χ3v) is 6.64. The highest BCUT2D eigenvalue weighted by atomic mass is 19.4. The van der Waals surface area contributed by atoms with Crippen molar-refractivity contribution >= 4 is 11.8 Å². The fourth-order valence-electron chi connectivity index (χ4n) is 4.76. The molecule has 0 saturated heterocycles. The second kappa shape index (κ2) is 10.6. The molecule has 0 saturated carbocycles. The van der Waals surface area contributed by atoms with Crippen LogP contribution in [0.1, 0.15) is 57.8 Å². The van der Waals surface area contributed by atoms with Crippen LogP contribution in [0.5, 0.6) is 0 Å². The fraction of sp³-hybridized carbons (Fsp3) is 0.310. The van der Waals surface area contributed by atoms with Crippen LogP contribution in [0.4, 0.5) is 13.2 Å². The third kappa shape index (κ3) is 5.78. The van der Waals surface area contributed by atoms with Crippen molar-refractivity contribution < 1.29 is 22.8 Å². The molecule has 188 valence electrons. The van der Waals surface area contributed by atoms with Crippen LogP contribution in [0.15, 0.2) is 66.7 Å². The molecule has 36 heavy (non-hydrogen) atoms. The zero-order chi connectivity index (χ0) is 25.9. The Bertz CT molecular complexity index is 1270. The van der Waals surface area contributed by atoms with E-state index in [0.29, 0.717) is 12.1 Å². The Kier molecular flexibility index (Phi) is 7.48. The van der Waals surface area contributed by atoms with E-state index in [1.54, 1.807) is 0 Å². The third-order valence-electron chi connectivity index (χ3n) is 6.64. The summed E-state index contributed by atoms with van der Waals surface area (Å²) in [4.78, 5) is 27.6. The molecule has 0 bridgehead atoms. The number of rotatable bonds is 6. The number of amides is 2. The Morgan fingerprint density at radius 1 is 0.944 bits per heavy atom. The standard InChI is InChI=1S/C29H29F3N2O2/c1-19-10-11-25-22(16-19)14-15-34(28(25)24-9-4-3-6-20(24)2)27(36)13-12-26(35)33-18-21-7-5-8-23(17-21)29(30,31)32/h3-11,16-17,28H,12-15,18H2,1-2H3,(H,33,35). The molecular weight excluding hydrogens is 465 g/mol. The quantitative estimate of drug-likeness (QED) is 0.464. The highest BCUT2D eigenvalue weighted by molar-refractivity contribution is 5.84. The van der Waals surface area contributed by atoms with Crippen molar-refractivity contribution in [2.24, 2.45) is 0 Å². The van der Waals surface area contributed by atoms with Gasteiger partial charge in [0.1, 0.15) is 0 Å². The second-order valence-corrected chi connectivity index (χ2v) is 9.27. The summed E-state index contributed by atoms with van der Waals surface area (Å²) in [5.74, 6) is -0.495. The molecule has 3 aromatic rings. The number of carbonyl (C=O) groups excluding carboxylic acids is 2. The highest BCUT2D eigenvalue weighted by Gasteiger charge is 2.33. The first-order valence-electron chi connectivity index (χ1n) is 12.0. The van der Waals surface area contributed by atoms with E-state index in [1.165, 1.54) is 23.3 Å². The zero-order valence-corrected chi connectivity index (χ0v) is 20.4. The number of aryl methyl sites for hydroxylation is 2. The van der Waals surface area contributed by atoms with Gasteiger partial charge in [-0.2, -0.15) is 13.2 Å². The molecule has 1 N–H and O–H groups in total. The van der Waals surface area contributed by atoms with Gasteiger partial charge in [-0.15, -0.1) is 0 Å². The Labute approximate surface area is 209 Å². The molecule has 1 aliphatic rings. The molecule has 0 aliphatic carbocycles. The summed E-state index contributed by atoms with van der Waals surface area (Å²) in [6.07, 6.45) is -3.70. The maximum absolute atomic E-state index is 13.3. The lowest BCUT2D eigenvalue weighted by Gasteiger charge is -2.38. The molecule has 0 spiro atoms. The van der Waals surface area contributed by atoms with Gasteiger partial charge in [-0.05, 0) is 60.2 Å². The molecule has 3 aromatic carbocycles. The Morgan fingerprint density at radius 3 is 2.47 bits per heavy atom. The van der Waals surface area contributed by atoms with Crippen LogP contribution in [-0.4, -0.2) is 23.3 Å². The Balaban J connectivity index is 1.43. The van der Waals surface area contributed by atoms with E-state index in [2.05, 4.69) is 30.4 Å². The Hall–Kier alpha value is -3.61. The highest BCUT2D eigenvalue weighted by Crippen LogP contribution is 2.37. The molecule has 0 radical (unpaired) electrons. The van der Waals surface area contributed by atoms with Crippen LogP contribution in [0.2, 0.25) is 0 Å². The molecule has 0 fully saturated rings. The summed E-state index contributed by atoms with van der Waals surface area (Å²) in [5.41, 5.74) is 5.25. The first kappa shape index (κ1) is 25.5. The second-order valence-electron chi connectivity index (χ2n) is 9.27. The lowest BCUT2D eigenvalue weighted by atomic mass is 9.85. The van der Waals surface area contributed by atoms with Gasteiger partial charge >= 0.3 is 6.18 Å². The summed E-state index contributed by atoms with van der Waals surface area (Å²) < 4.78 is 38.7. The lowest BCUT2D eigenvalue weighted by molar-refractivity contribution is -0.137. The van der Waals surface area contributed by atoms with E-state index < -0.39 is 11.7 Å². The SMILES string of the molecule is Cc1ccc2c(c1)CCN(C(=O)CCC(=O)NCc1cccc(C(F)(F)F)c1)C2c1ccccc1C. The first-order chi connectivity index (χ1) is 17.1. The van der Waals surface area contributed by atoms with E-state index in [1.807, 2.05) is 36.1 Å². The van der Waals surface area contributed by atoms with Crippen molar-refractivity contribution in [1.29, 1.82) is 0 Å². The molecule has 4 nitrogen and oxygen atoms in total. The number of nitrogens with zero attached hydrogens (tertiary/aromatic N) is 1. The Morgan fingerprint density at radius 2 is 1.72 bits per heavy atom. The molecule has 1 heterocycles. The summed E-state index contributed by atoms with van der Waals surface area (Å²) in [7, 11) is 0. The van der Waals surface area contributed by atoms with E-state index in [0.717, 1.165) is 35.2 Å². The maximum Gasteiger partial charge on any atom is 0.416 e. The van der Waals surface area contributed by atoms with Gasteiger partial charge in [0.15, 0.2) is 0 Å². The number of hydrogen-bond acceptors (Lipinski definition) is 2. The molecule has 1 aliphatic heterocycles. The van der Waals surface area contributed by atoms with Crippen molar-refractivity contribution in [3.8, 4) is 0 Å². The van der Waals surface area contributed by atoms with Gasteiger partial charge in [-0.25, -0.2) is 0 Å². The van der Waals surface area contributed by atoms with E-state index in [9.17, 15) is 22.8 Å².